The number of phenols is 1. The largest absolute Gasteiger partial charge is 0.502 e. The molecule has 1 saturated heterocycles. The van der Waals surface area contributed by atoms with E-state index in [9.17, 15) is 9.90 Å². The number of methoxy groups -OCH3 is 3. The summed E-state index contributed by atoms with van der Waals surface area (Å²) in [6, 6.07) is 16.6. The van der Waals surface area contributed by atoms with Gasteiger partial charge in [-0.15, -0.1) is 0 Å². The number of hydrogen-bond acceptors (Lipinski definition) is 6. The van der Waals surface area contributed by atoms with Crippen molar-refractivity contribution in [2.24, 2.45) is 11.8 Å². The monoisotopic (exact) mass is 484 g/mol. The maximum Gasteiger partial charge on any atom is 0.309 e. The number of ether oxygens (including phenoxy) is 4. The van der Waals surface area contributed by atoms with Crippen LogP contribution in [0.5, 0.6) is 17.2 Å². The van der Waals surface area contributed by atoms with E-state index in [0.717, 1.165) is 11.1 Å². The Morgan fingerprint density at radius 1 is 0.972 bits per heavy atom. The molecule has 1 N–H and O–H groups in total. The van der Waals surface area contributed by atoms with Gasteiger partial charge in [-0.1, -0.05) is 48.0 Å². The van der Waals surface area contributed by atoms with E-state index in [2.05, 4.69) is 42.5 Å². The molecule has 184 valence electrons. The number of benzene rings is 3. The second-order valence-corrected chi connectivity index (χ2v) is 9.56. The highest BCUT2D eigenvalue weighted by molar-refractivity contribution is 6.16. The lowest BCUT2D eigenvalue weighted by atomic mass is 9.78. The van der Waals surface area contributed by atoms with Crippen LogP contribution in [0.4, 0.5) is 0 Å². The maximum absolute atomic E-state index is 12.4. The molecular weight excluding hydrogens is 456 g/mol. The molecule has 0 aromatic heterocycles. The average Bonchev–Trinajstić information content (AvgIpc) is 3.14. The SMILES string of the molecule is COCC1C2=C(c3cccc4cccc2c34)[C@@H](c2cc(OC)c(O)c(OC)c2)C=C2CC(=O)OC[C@@H]21. The number of phenolic OH excluding ortho intramolecular Hbond substituents is 1. The van der Waals surface area contributed by atoms with Gasteiger partial charge in [0.1, 0.15) is 0 Å². The Hall–Kier alpha value is -3.77. The second kappa shape index (κ2) is 8.71. The highest BCUT2D eigenvalue weighted by Gasteiger charge is 2.43. The third kappa shape index (κ3) is 3.32. The van der Waals surface area contributed by atoms with E-state index in [-0.39, 0.29) is 35.9 Å². The Kier molecular flexibility index (Phi) is 5.49. The van der Waals surface area contributed by atoms with Crippen LogP contribution in [0, 0.1) is 11.8 Å². The van der Waals surface area contributed by atoms with Crippen LogP contribution in [0.15, 0.2) is 60.2 Å². The van der Waals surface area contributed by atoms with Crippen molar-refractivity contribution < 1.29 is 28.8 Å². The van der Waals surface area contributed by atoms with Gasteiger partial charge in [-0.2, -0.15) is 0 Å². The Balaban J connectivity index is 1.67. The van der Waals surface area contributed by atoms with Crippen molar-refractivity contribution in [1.29, 1.82) is 0 Å². The summed E-state index contributed by atoms with van der Waals surface area (Å²) < 4.78 is 22.4. The van der Waals surface area contributed by atoms with Crippen LogP contribution in [0.3, 0.4) is 0 Å². The van der Waals surface area contributed by atoms with E-state index in [1.165, 1.54) is 47.3 Å². The van der Waals surface area contributed by atoms with Crippen LogP contribution in [0.25, 0.3) is 21.9 Å². The Morgan fingerprint density at radius 3 is 2.28 bits per heavy atom. The smallest absolute Gasteiger partial charge is 0.309 e. The molecule has 0 saturated carbocycles. The third-order valence-corrected chi connectivity index (χ3v) is 7.78. The Bertz CT molecular complexity index is 1420. The molecule has 0 spiro atoms. The van der Waals surface area contributed by atoms with Crippen molar-refractivity contribution in [3.05, 3.63) is 76.9 Å². The van der Waals surface area contributed by atoms with Crippen LogP contribution in [-0.2, 0) is 14.3 Å². The normalized spacial score (nSPS) is 22.5. The molecule has 1 unspecified atom stereocenters. The number of allylic oxidation sites excluding steroid dienone is 2. The lowest BCUT2D eigenvalue weighted by Crippen LogP contribution is -2.32. The summed E-state index contributed by atoms with van der Waals surface area (Å²) in [5.74, 6) is 0.292. The summed E-state index contributed by atoms with van der Waals surface area (Å²) in [7, 11) is 4.78. The van der Waals surface area contributed by atoms with Gasteiger partial charge >= 0.3 is 5.97 Å². The Morgan fingerprint density at radius 2 is 1.64 bits per heavy atom. The van der Waals surface area contributed by atoms with E-state index in [4.69, 9.17) is 18.9 Å². The van der Waals surface area contributed by atoms with Gasteiger partial charge in [-0.05, 0) is 50.7 Å². The number of hydrogen-bond donors (Lipinski definition) is 1. The lowest BCUT2D eigenvalue weighted by molar-refractivity contribution is -0.147. The molecule has 3 aliphatic rings. The summed E-state index contributed by atoms with van der Waals surface area (Å²) in [6.45, 7) is 0.842. The first-order valence-electron chi connectivity index (χ1n) is 12.1. The fourth-order valence-corrected chi connectivity index (χ4v) is 6.24. The summed E-state index contributed by atoms with van der Waals surface area (Å²) in [5, 5.41) is 13.0. The predicted octanol–water partition coefficient (Wildman–Crippen LogP) is 5.34. The first kappa shape index (κ1) is 22.7. The highest BCUT2D eigenvalue weighted by Crippen LogP contribution is 2.56. The minimum Gasteiger partial charge on any atom is -0.502 e. The van der Waals surface area contributed by atoms with Gasteiger partial charge in [0, 0.05) is 24.9 Å². The number of fused-ring (bicyclic) bond motifs is 3. The van der Waals surface area contributed by atoms with Crippen molar-refractivity contribution in [3.8, 4) is 17.2 Å². The zero-order valence-corrected chi connectivity index (χ0v) is 20.5. The number of carbonyl (C=O) groups excluding carboxylic acids is 1. The van der Waals surface area contributed by atoms with Crippen molar-refractivity contribution in [3.63, 3.8) is 0 Å². The number of rotatable bonds is 5. The predicted molar refractivity (Wildman–Crippen MR) is 137 cm³/mol. The minimum absolute atomic E-state index is 0.0168. The zero-order chi connectivity index (χ0) is 25.0. The van der Waals surface area contributed by atoms with Crippen LogP contribution < -0.4 is 9.47 Å². The second-order valence-electron chi connectivity index (χ2n) is 9.56. The van der Waals surface area contributed by atoms with Gasteiger partial charge < -0.3 is 24.1 Å². The maximum atomic E-state index is 12.4. The highest BCUT2D eigenvalue weighted by atomic mass is 16.5. The van der Waals surface area contributed by atoms with Gasteiger partial charge in [-0.3, -0.25) is 4.79 Å². The van der Waals surface area contributed by atoms with E-state index >= 15 is 0 Å². The third-order valence-electron chi connectivity index (χ3n) is 7.78. The van der Waals surface area contributed by atoms with Gasteiger partial charge in [0.15, 0.2) is 11.5 Å². The number of aromatic hydroxyl groups is 1. The summed E-state index contributed by atoms with van der Waals surface area (Å²) in [6.07, 6.45) is 2.46. The quantitative estimate of drug-likeness (QED) is 0.390. The van der Waals surface area contributed by atoms with E-state index in [1.54, 1.807) is 7.11 Å². The molecule has 0 bridgehead atoms. The first-order chi connectivity index (χ1) is 17.5. The number of cyclic esters (lactones) is 1. The van der Waals surface area contributed by atoms with Gasteiger partial charge in [-0.25, -0.2) is 0 Å². The molecule has 1 aliphatic heterocycles. The molecule has 3 aromatic rings. The lowest BCUT2D eigenvalue weighted by Gasteiger charge is -2.32. The first-order valence-corrected chi connectivity index (χ1v) is 12.1. The molecule has 1 heterocycles. The number of carbonyl (C=O) groups is 1. The molecule has 2 aliphatic carbocycles. The van der Waals surface area contributed by atoms with Gasteiger partial charge in [0.05, 0.1) is 33.9 Å². The van der Waals surface area contributed by atoms with Crippen molar-refractivity contribution in [2.75, 3.05) is 34.5 Å². The molecule has 36 heavy (non-hydrogen) atoms. The molecule has 0 amide bonds. The van der Waals surface area contributed by atoms with E-state index in [1.807, 2.05) is 12.1 Å². The Labute approximate surface area is 209 Å². The summed E-state index contributed by atoms with van der Waals surface area (Å²) in [4.78, 5) is 12.4. The molecular formula is C30H28O6. The molecule has 3 aromatic carbocycles. The van der Waals surface area contributed by atoms with Gasteiger partial charge in [0.2, 0.25) is 5.75 Å². The molecule has 1 fully saturated rings. The van der Waals surface area contributed by atoms with Gasteiger partial charge in [0.25, 0.3) is 0 Å². The zero-order valence-electron chi connectivity index (χ0n) is 20.5. The topological polar surface area (TPSA) is 74.2 Å². The van der Waals surface area contributed by atoms with Crippen LogP contribution in [-0.4, -0.2) is 45.6 Å². The van der Waals surface area contributed by atoms with Crippen LogP contribution in [0.2, 0.25) is 0 Å². The minimum atomic E-state index is -0.210. The molecule has 6 nitrogen and oxygen atoms in total. The summed E-state index contributed by atoms with van der Waals surface area (Å²) in [5.41, 5.74) is 6.78. The van der Waals surface area contributed by atoms with Crippen molar-refractivity contribution in [2.45, 2.75) is 12.3 Å². The fraction of sp³-hybridized carbons (Fsp3) is 0.300. The fourth-order valence-electron chi connectivity index (χ4n) is 6.24. The molecule has 6 heteroatoms. The van der Waals surface area contributed by atoms with E-state index < -0.39 is 0 Å². The average molecular weight is 485 g/mol. The van der Waals surface area contributed by atoms with E-state index in [0.29, 0.717) is 24.7 Å². The summed E-state index contributed by atoms with van der Waals surface area (Å²) >= 11 is 0. The standard InChI is InChI=1S/C30H28O6/c1-33-14-23-22-15-36-26(31)13-17(22)10-21(18-11-24(34-2)30(32)25(12-18)35-3)28-19-8-4-6-16-7-5-9-20(27(16)19)29(23)28/h4-12,21-23,32H,13-15H2,1-3H3/t21-,22+,23?/m1/s1. The molecule has 0 radical (unpaired) electrons. The number of esters is 1. The van der Waals surface area contributed by atoms with Crippen molar-refractivity contribution >= 4 is 27.9 Å². The van der Waals surface area contributed by atoms with Crippen LogP contribution >= 0.6 is 0 Å². The molecule has 3 atom stereocenters. The van der Waals surface area contributed by atoms with Crippen molar-refractivity contribution in [1.82, 2.24) is 0 Å². The van der Waals surface area contributed by atoms with Crippen LogP contribution in [0.1, 0.15) is 29.0 Å². The molecule has 6 rings (SSSR count).